The van der Waals surface area contributed by atoms with Gasteiger partial charge in [0, 0.05) is 18.8 Å². The van der Waals surface area contributed by atoms with Crippen LogP contribution in [0.4, 0.5) is 10.5 Å². The lowest BCUT2D eigenvalue weighted by Crippen LogP contribution is -2.34. The van der Waals surface area contributed by atoms with Crippen LogP contribution in [0.25, 0.3) is 0 Å². The molecule has 0 radical (unpaired) electrons. The SMILES string of the molecule is CC(C)c1ccc(NC(=O)N(Cc2ccccc2)Cc2ccc(OS(C)(=O)=O)cc2)cc1. The average molecular weight is 453 g/mol. The van der Waals surface area contributed by atoms with Gasteiger partial charge in [0.25, 0.3) is 0 Å². The Morgan fingerprint density at radius 3 is 1.97 bits per heavy atom. The van der Waals surface area contributed by atoms with E-state index in [0.717, 1.165) is 23.1 Å². The first-order valence-electron chi connectivity index (χ1n) is 10.4. The van der Waals surface area contributed by atoms with Gasteiger partial charge in [-0.3, -0.25) is 0 Å². The number of amides is 2. The van der Waals surface area contributed by atoms with E-state index in [1.165, 1.54) is 5.56 Å². The zero-order chi connectivity index (χ0) is 23.1. The maximum Gasteiger partial charge on any atom is 0.322 e. The number of rotatable bonds is 8. The molecule has 32 heavy (non-hydrogen) atoms. The van der Waals surface area contributed by atoms with Crippen molar-refractivity contribution in [2.45, 2.75) is 32.9 Å². The van der Waals surface area contributed by atoms with Crippen LogP contribution >= 0.6 is 0 Å². The van der Waals surface area contributed by atoms with Crippen molar-refractivity contribution in [2.24, 2.45) is 0 Å². The number of carbonyl (C=O) groups excluding carboxylic acids is 1. The summed E-state index contributed by atoms with van der Waals surface area (Å²) in [6.07, 6.45) is 1.00. The van der Waals surface area contributed by atoms with E-state index in [0.29, 0.717) is 19.0 Å². The second-order valence-corrected chi connectivity index (χ2v) is 9.55. The minimum atomic E-state index is -3.58. The molecule has 6 nitrogen and oxygen atoms in total. The van der Waals surface area contributed by atoms with Crippen molar-refractivity contribution < 1.29 is 17.4 Å². The highest BCUT2D eigenvalue weighted by atomic mass is 32.2. The van der Waals surface area contributed by atoms with E-state index in [4.69, 9.17) is 4.18 Å². The number of hydrogen-bond acceptors (Lipinski definition) is 4. The molecule has 3 aromatic carbocycles. The summed E-state index contributed by atoms with van der Waals surface area (Å²) in [7, 11) is -3.58. The number of nitrogens with zero attached hydrogens (tertiary/aromatic N) is 1. The molecule has 0 atom stereocenters. The van der Waals surface area contributed by atoms with Gasteiger partial charge >= 0.3 is 16.1 Å². The summed E-state index contributed by atoms with van der Waals surface area (Å²) in [6.45, 7) is 5.03. The molecule has 7 heteroatoms. The first-order valence-corrected chi connectivity index (χ1v) is 12.2. The molecule has 0 heterocycles. The van der Waals surface area contributed by atoms with Gasteiger partial charge in [-0.25, -0.2) is 4.79 Å². The second kappa shape index (κ2) is 10.3. The number of nitrogens with one attached hydrogen (secondary N) is 1. The largest absolute Gasteiger partial charge is 0.383 e. The Balaban J connectivity index is 1.76. The third-order valence-electron chi connectivity index (χ3n) is 4.88. The molecular formula is C25H28N2O4S. The third kappa shape index (κ3) is 7.13. The number of urea groups is 1. The molecular weight excluding hydrogens is 424 g/mol. The highest BCUT2D eigenvalue weighted by Crippen LogP contribution is 2.20. The Kier molecular flexibility index (Phi) is 7.53. The fourth-order valence-electron chi connectivity index (χ4n) is 3.20. The Bertz CT molecular complexity index is 1130. The fraction of sp³-hybridized carbons (Fsp3) is 0.240. The van der Waals surface area contributed by atoms with E-state index < -0.39 is 10.1 Å². The topological polar surface area (TPSA) is 75.7 Å². The van der Waals surface area contributed by atoms with Gasteiger partial charge < -0.3 is 14.4 Å². The zero-order valence-electron chi connectivity index (χ0n) is 18.5. The lowest BCUT2D eigenvalue weighted by molar-refractivity contribution is 0.206. The summed E-state index contributed by atoms with van der Waals surface area (Å²) in [6, 6.07) is 24.1. The van der Waals surface area contributed by atoms with Crippen LogP contribution in [-0.4, -0.2) is 25.6 Å². The van der Waals surface area contributed by atoms with E-state index in [2.05, 4.69) is 19.2 Å². The van der Waals surface area contributed by atoms with Crippen LogP contribution in [-0.2, 0) is 23.2 Å². The normalized spacial score (nSPS) is 11.2. The molecule has 0 saturated heterocycles. The maximum absolute atomic E-state index is 13.1. The number of hydrogen-bond donors (Lipinski definition) is 1. The molecule has 0 saturated carbocycles. The molecule has 0 fully saturated rings. The van der Waals surface area contributed by atoms with E-state index in [-0.39, 0.29) is 11.8 Å². The highest BCUT2D eigenvalue weighted by Gasteiger charge is 2.16. The Morgan fingerprint density at radius 2 is 1.44 bits per heavy atom. The second-order valence-electron chi connectivity index (χ2n) is 7.98. The van der Waals surface area contributed by atoms with Crippen molar-refractivity contribution in [2.75, 3.05) is 11.6 Å². The summed E-state index contributed by atoms with van der Waals surface area (Å²) in [4.78, 5) is 14.8. The van der Waals surface area contributed by atoms with Crippen LogP contribution in [0.2, 0.25) is 0 Å². The monoisotopic (exact) mass is 452 g/mol. The molecule has 3 aromatic rings. The first-order chi connectivity index (χ1) is 15.2. The number of benzene rings is 3. The summed E-state index contributed by atoms with van der Waals surface area (Å²) in [5.41, 5.74) is 3.80. The predicted octanol–water partition coefficient (Wildman–Crippen LogP) is 5.38. The summed E-state index contributed by atoms with van der Waals surface area (Å²) >= 11 is 0. The average Bonchev–Trinajstić information content (AvgIpc) is 2.74. The lowest BCUT2D eigenvalue weighted by atomic mass is 10.0. The number of carbonyl (C=O) groups is 1. The Labute approximate surface area is 190 Å². The molecule has 0 spiro atoms. The van der Waals surface area contributed by atoms with Gasteiger partial charge in [-0.2, -0.15) is 8.42 Å². The van der Waals surface area contributed by atoms with Gasteiger partial charge in [0.05, 0.1) is 6.26 Å². The standard InChI is InChI=1S/C25H28N2O4S/c1-19(2)22-11-13-23(14-12-22)26-25(28)27(17-20-7-5-4-6-8-20)18-21-9-15-24(16-10-21)31-32(3,29)30/h4-16,19H,17-18H2,1-3H3,(H,26,28). The molecule has 0 aliphatic rings. The molecule has 0 aromatic heterocycles. The van der Waals surface area contributed by atoms with Crippen molar-refractivity contribution in [3.05, 3.63) is 95.6 Å². The zero-order valence-corrected chi connectivity index (χ0v) is 19.3. The molecule has 2 amide bonds. The Morgan fingerprint density at radius 1 is 0.875 bits per heavy atom. The third-order valence-corrected chi connectivity index (χ3v) is 5.37. The van der Waals surface area contributed by atoms with Gasteiger partial charge in [-0.05, 0) is 46.9 Å². The molecule has 168 valence electrons. The molecule has 0 bridgehead atoms. The molecule has 0 unspecified atom stereocenters. The van der Waals surface area contributed by atoms with Crippen LogP contribution in [0, 0.1) is 0 Å². The van der Waals surface area contributed by atoms with Gasteiger partial charge in [-0.15, -0.1) is 0 Å². The van der Waals surface area contributed by atoms with Crippen molar-refractivity contribution in [3.63, 3.8) is 0 Å². The van der Waals surface area contributed by atoms with Gasteiger partial charge in [-0.1, -0.05) is 68.4 Å². The van der Waals surface area contributed by atoms with Crippen LogP contribution in [0.1, 0.15) is 36.5 Å². The predicted molar refractivity (Wildman–Crippen MR) is 127 cm³/mol. The van der Waals surface area contributed by atoms with Crippen LogP contribution in [0.15, 0.2) is 78.9 Å². The smallest absolute Gasteiger partial charge is 0.322 e. The number of anilines is 1. The molecule has 3 rings (SSSR count). The quantitative estimate of drug-likeness (QED) is 0.466. The molecule has 0 aliphatic carbocycles. The van der Waals surface area contributed by atoms with Gasteiger partial charge in [0.15, 0.2) is 0 Å². The molecule has 0 aliphatic heterocycles. The highest BCUT2D eigenvalue weighted by molar-refractivity contribution is 7.86. The van der Waals surface area contributed by atoms with Crippen molar-refractivity contribution in [1.82, 2.24) is 4.90 Å². The minimum absolute atomic E-state index is 0.220. The van der Waals surface area contributed by atoms with Crippen LogP contribution in [0.5, 0.6) is 5.75 Å². The Hall–Kier alpha value is -3.32. The van der Waals surface area contributed by atoms with Crippen molar-refractivity contribution in [3.8, 4) is 5.75 Å². The van der Waals surface area contributed by atoms with E-state index in [1.54, 1.807) is 29.2 Å². The van der Waals surface area contributed by atoms with E-state index in [1.807, 2.05) is 54.6 Å². The summed E-state index contributed by atoms with van der Waals surface area (Å²) in [5, 5.41) is 2.97. The fourth-order valence-corrected chi connectivity index (χ4v) is 3.66. The molecule has 1 N–H and O–H groups in total. The minimum Gasteiger partial charge on any atom is -0.383 e. The van der Waals surface area contributed by atoms with Crippen LogP contribution in [0.3, 0.4) is 0 Å². The van der Waals surface area contributed by atoms with Gasteiger partial charge in [0.1, 0.15) is 5.75 Å². The summed E-state index contributed by atoms with van der Waals surface area (Å²) < 4.78 is 27.5. The van der Waals surface area contributed by atoms with Gasteiger partial charge in [0.2, 0.25) is 0 Å². The van der Waals surface area contributed by atoms with E-state index in [9.17, 15) is 13.2 Å². The van der Waals surface area contributed by atoms with Crippen molar-refractivity contribution >= 4 is 21.8 Å². The maximum atomic E-state index is 13.1. The lowest BCUT2D eigenvalue weighted by Gasteiger charge is -2.24. The summed E-state index contributed by atoms with van der Waals surface area (Å²) in [5.74, 6) is 0.657. The van der Waals surface area contributed by atoms with E-state index >= 15 is 0 Å². The first kappa shape index (κ1) is 23.3. The van der Waals surface area contributed by atoms with Crippen molar-refractivity contribution in [1.29, 1.82) is 0 Å². The van der Waals surface area contributed by atoms with Crippen LogP contribution < -0.4 is 9.50 Å².